The molecule has 1 aliphatic heterocycles. The van der Waals surface area contributed by atoms with Gasteiger partial charge >= 0.3 is 0 Å². The van der Waals surface area contributed by atoms with Crippen LogP contribution in [-0.4, -0.2) is 42.4 Å². The van der Waals surface area contributed by atoms with Gasteiger partial charge in [0.05, 0.1) is 7.11 Å². The highest BCUT2D eigenvalue weighted by molar-refractivity contribution is 5.85. The number of piperidine rings is 1. The number of carbonyl (C=O) groups excluding carboxylic acids is 1. The zero-order valence-corrected chi connectivity index (χ0v) is 15.9. The van der Waals surface area contributed by atoms with E-state index in [1.807, 2.05) is 35.0 Å². The first-order chi connectivity index (χ1) is 12.3. The first-order valence-corrected chi connectivity index (χ1v) is 8.88. The quantitative estimate of drug-likeness (QED) is 0.774. The minimum absolute atomic E-state index is 0. The second-order valence-electron chi connectivity index (χ2n) is 6.41. The number of nitrogens with zero attached hydrogens (tertiary/aromatic N) is 2. The van der Waals surface area contributed by atoms with E-state index >= 15 is 0 Å². The molecule has 2 aromatic rings. The van der Waals surface area contributed by atoms with Crippen LogP contribution in [-0.2, 0) is 17.8 Å². The molecular formula is C19H27ClN4O2. The van der Waals surface area contributed by atoms with Gasteiger partial charge in [0.1, 0.15) is 12.3 Å². The molecule has 0 spiro atoms. The number of hydrogen-bond acceptors (Lipinski definition) is 4. The van der Waals surface area contributed by atoms with Crippen LogP contribution in [0.1, 0.15) is 30.0 Å². The third-order valence-corrected chi connectivity index (χ3v) is 4.63. The van der Waals surface area contributed by atoms with Crippen molar-refractivity contribution >= 4 is 18.3 Å². The third-order valence-electron chi connectivity index (χ3n) is 4.63. The number of carbonyl (C=O) groups is 1. The van der Waals surface area contributed by atoms with Gasteiger partial charge in [0.2, 0.25) is 5.91 Å². The number of methoxy groups -OCH3 is 1. The lowest BCUT2D eigenvalue weighted by Crippen LogP contribution is -2.33. The van der Waals surface area contributed by atoms with E-state index in [4.69, 9.17) is 4.74 Å². The van der Waals surface area contributed by atoms with Crippen LogP contribution < -0.4 is 15.4 Å². The standard InChI is InChI=1S/C19H26N4O2.ClH/c1-25-17-6-2-4-15(12-17)7-10-21-19(24)14-23-18(8-11-22-23)16-5-3-9-20-13-16;/h2,4,6,8,11-12,16,20H,3,5,7,9-10,13-14H2,1H3,(H,21,24);1H. The smallest absolute Gasteiger partial charge is 0.241 e. The molecule has 0 radical (unpaired) electrons. The maximum absolute atomic E-state index is 12.2. The first-order valence-electron chi connectivity index (χ1n) is 8.88. The van der Waals surface area contributed by atoms with Crippen molar-refractivity contribution in [3.8, 4) is 5.75 Å². The molecule has 6 nitrogen and oxygen atoms in total. The van der Waals surface area contributed by atoms with Crippen LogP contribution in [0.5, 0.6) is 5.75 Å². The monoisotopic (exact) mass is 378 g/mol. The molecule has 1 saturated heterocycles. The zero-order chi connectivity index (χ0) is 17.5. The summed E-state index contributed by atoms with van der Waals surface area (Å²) in [4.78, 5) is 12.2. The van der Waals surface area contributed by atoms with Gasteiger partial charge in [-0.2, -0.15) is 5.10 Å². The van der Waals surface area contributed by atoms with Crippen molar-refractivity contribution in [2.24, 2.45) is 0 Å². The molecule has 1 aromatic carbocycles. The summed E-state index contributed by atoms with van der Waals surface area (Å²) >= 11 is 0. The van der Waals surface area contributed by atoms with Crippen molar-refractivity contribution in [2.75, 3.05) is 26.7 Å². The fourth-order valence-electron chi connectivity index (χ4n) is 3.29. The van der Waals surface area contributed by atoms with Crippen molar-refractivity contribution in [2.45, 2.75) is 31.7 Å². The second kappa shape index (κ2) is 10.2. The minimum Gasteiger partial charge on any atom is -0.497 e. The van der Waals surface area contributed by atoms with E-state index < -0.39 is 0 Å². The Balaban J connectivity index is 0.00000243. The highest BCUT2D eigenvalue weighted by atomic mass is 35.5. The lowest BCUT2D eigenvalue weighted by atomic mass is 9.96. The second-order valence-corrected chi connectivity index (χ2v) is 6.41. The van der Waals surface area contributed by atoms with Crippen molar-refractivity contribution < 1.29 is 9.53 Å². The lowest BCUT2D eigenvalue weighted by Gasteiger charge is -2.23. The Hall–Kier alpha value is -2.05. The largest absolute Gasteiger partial charge is 0.497 e. The molecule has 0 bridgehead atoms. The van der Waals surface area contributed by atoms with Crippen LogP contribution in [0, 0.1) is 0 Å². The molecule has 1 amide bonds. The highest BCUT2D eigenvalue weighted by Gasteiger charge is 2.19. The van der Waals surface area contributed by atoms with E-state index in [9.17, 15) is 4.79 Å². The summed E-state index contributed by atoms with van der Waals surface area (Å²) in [6, 6.07) is 9.94. The minimum atomic E-state index is -0.00313. The number of rotatable bonds is 7. The van der Waals surface area contributed by atoms with Gasteiger partial charge in [0, 0.05) is 30.9 Å². The predicted octanol–water partition coefficient (Wildman–Crippen LogP) is 2.14. The maximum Gasteiger partial charge on any atom is 0.241 e. The Kier molecular flexibility index (Phi) is 7.94. The summed E-state index contributed by atoms with van der Waals surface area (Å²) in [6.45, 7) is 2.92. The van der Waals surface area contributed by atoms with Gasteiger partial charge in [-0.05, 0) is 49.6 Å². The van der Waals surface area contributed by atoms with Gasteiger partial charge in [-0.1, -0.05) is 12.1 Å². The molecular weight excluding hydrogens is 352 g/mol. The lowest BCUT2D eigenvalue weighted by molar-refractivity contribution is -0.121. The number of benzene rings is 1. The predicted molar refractivity (Wildman–Crippen MR) is 104 cm³/mol. The molecule has 2 N–H and O–H groups in total. The number of halogens is 1. The van der Waals surface area contributed by atoms with Crippen molar-refractivity contribution in [1.82, 2.24) is 20.4 Å². The highest BCUT2D eigenvalue weighted by Crippen LogP contribution is 2.22. The molecule has 1 fully saturated rings. The number of hydrogen-bond donors (Lipinski definition) is 2. The van der Waals surface area contributed by atoms with Crippen LogP contribution in [0.15, 0.2) is 36.5 Å². The van der Waals surface area contributed by atoms with Gasteiger partial charge in [-0.15, -0.1) is 12.4 Å². The fraction of sp³-hybridized carbons (Fsp3) is 0.474. The molecule has 1 atom stereocenters. The first kappa shape index (κ1) is 20.3. The Bertz CT molecular complexity index is 698. The normalized spacial score (nSPS) is 16.6. The average Bonchev–Trinajstić information content (AvgIpc) is 3.10. The van der Waals surface area contributed by atoms with E-state index in [1.54, 1.807) is 13.3 Å². The molecule has 26 heavy (non-hydrogen) atoms. The number of amides is 1. The number of nitrogens with one attached hydrogen (secondary N) is 2. The van der Waals surface area contributed by atoms with E-state index in [2.05, 4.69) is 15.7 Å². The summed E-state index contributed by atoms with van der Waals surface area (Å²) < 4.78 is 7.05. The fourth-order valence-corrected chi connectivity index (χ4v) is 3.29. The molecule has 1 aliphatic rings. The molecule has 142 valence electrons. The van der Waals surface area contributed by atoms with Gasteiger partial charge in [-0.3, -0.25) is 9.48 Å². The SMILES string of the molecule is COc1cccc(CCNC(=O)Cn2nccc2C2CCCNC2)c1.Cl. The molecule has 0 aliphatic carbocycles. The summed E-state index contributed by atoms with van der Waals surface area (Å²) in [7, 11) is 1.66. The van der Waals surface area contributed by atoms with Crippen LogP contribution in [0.3, 0.4) is 0 Å². The van der Waals surface area contributed by atoms with E-state index in [0.29, 0.717) is 12.5 Å². The topological polar surface area (TPSA) is 68.2 Å². The summed E-state index contributed by atoms with van der Waals surface area (Å²) in [5.74, 6) is 1.28. The molecule has 1 aromatic heterocycles. The Morgan fingerprint density at radius 2 is 2.31 bits per heavy atom. The van der Waals surface area contributed by atoms with Crippen LogP contribution in [0.4, 0.5) is 0 Å². The molecule has 3 rings (SSSR count). The Morgan fingerprint density at radius 1 is 1.42 bits per heavy atom. The van der Waals surface area contributed by atoms with Crippen molar-refractivity contribution in [3.05, 3.63) is 47.8 Å². The van der Waals surface area contributed by atoms with Crippen LogP contribution >= 0.6 is 12.4 Å². The number of ether oxygens (including phenoxy) is 1. The third kappa shape index (κ3) is 5.47. The molecule has 7 heteroatoms. The molecule has 1 unspecified atom stereocenters. The van der Waals surface area contributed by atoms with Crippen molar-refractivity contribution in [3.63, 3.8) is 0 Å². The Labute approximate surface area is 160 Å². The van der Waals surface area contributed by atoms with Crippen molar-refractivity contribution in [1.29, 1.82) is 0 Å². The summed E-state index contributed by atoms with van der Waals surface area (Å²) in [5.41, 5.74) is 2.29. The molecule has 0 saturated carbocycles. The van der Waals surface area contributed by atoms with Gasteiger partial charge < -0.3 is 15.4 Å². The van der Waals surface area contributed by atoms with E-state index in [1.165, 1.54) is 6.42 Å². The summed E-state index contributed by atoms with van der Waals surface area (Å²) in [5, 5.41) is 10.7. The average molecular weight is 379 g/mol. The van der Waals surface area contributed by atoms with Crippen LogP contribution in [0.25, 0.3) is 0 Å². The van der Waals surface area contributed by atoms with Gasteiger partial charge in [0.15, 0.2) is 0 Å². The van der Waals surface area contributed by atoms with Gasteiger partial charge in [0.25, 0.3) is 0 Å². The molecule has 2 heterocycles. The van der Waals surface area contributed by atoms with E-state index in [-0.39, 0.29) is 24.9 Å². The zero-order valence-electron chi connectivity index (χ0n) is 15.1. The maximum atomic E-state index is 12.2. The van der Waals surface area contributed by atoms with E-state index in [0.717, 1.165) is 42.9 Å². The van der Waals surface area contributed by atoms with Crippen LogP contribution in [0.2, 0.25) is 0 Å². The van der Waals surface area contributed by atoms with Gasteiger partial charge in [-0.25, -0.2) is 0 Å². The summed E-state index contributed by atoms with van der Waals surface area (Å²) in [6.07, 6.45) is 4.88. The Morgan fingerprint density at radius 3 is 3.08 bits per heavy atom. The number of aromatic nitrogens is 2.